The molecule has 1 aromatic heterocycles. The molecule has 1 heteroatoms. The number of unbranched alkanes of at least 4 members (excludes halogenated alkanes) is 1. The maximum absolute atomic E-state index is 4.10. The van der Waals surface area contributed by atoms with Gasteiger partial charge in [0.1, 0.15) is 0 Å². The van der Waals surface area contributed by atoms with E-state index in [-0.39, 0.29) is 37.1 Å². The van der Waals surface area contributed by atoms with Crippen molar-refractivity contribution in [2.24, 2.45) is 27.6 Å². The maximum Gasteiger partial charge on any atom is 0.0299 e. The largest absolute Gasteiger partial charge is 0.264 e. The van der Waals surface area contributed by atoms with Crippen LogP contribution in [-0.4, -0.2) is 4.98 Å². The lowest BCUT2D eigenvalue weighted by Gasteiger charge is -2.31. The topological polar surface area (TPSA) is 12.9 Å². The van der Waals surface area contributed by atoms with Gasteiger partial charge in [0.15, 0.2) is 0 Å². The molecule has 0 aliphatic carbocycles. The second-order valence-corrected chi connectivity index (χ2v) is 22.1. The van der Waals surface area contributed by atoms with Crippen LogP contribution in [0.1, 0.15) is 206 Å². The highest BCUT2D eigenvalue weighted by atomic mass is 14.6. The van der Waals surface area contributed by atoms with E-state index in [9.17, 15) is 0 Å². The van der Waals surface area contributed by atoms with Crippen molar-refractivity contribution in [1.82, 2.24) is 4.98 Å². The predicted octanol–water partition coefficient (Wildman–Crippen LogP) is 21.0. The molecular weight excluding hydrogens is 795 g/mol. The molecule has 5 rings (SSSR count). The van der Waals surface area contributed by atoms with Crippen molar-refractivity contribution < 1.29 is 0 Å². The second-order valence-electron chi connectivity index (χ2n) is 22.1. The molecule has 4 aromatic carbocycles. The lowest BCUT2D eigenvalue weighted by molar-refractivity contribution is 0.204. The van der Waals surface area contributed by atoms with E-state index in [1.807, 2.05) is 18.5 Å². The van der Waals surface area contributed by atoms with Gasteiger partial charge in [0, 0.05) is 12.4 Å². The van der Waals surface area contributed by atoms with Crippen LogP contribution in [0.15, 0.2) is 146 Å². The van der Waals surface area contributed by atoms with Gasteiger partial charge in [-0.15, -0.1) is 0 Å². The zero-order valence-electron chi connectivity index (χ0n) is 41.3. The van der Waals surface area contributed by atoms with Crippen LogP contribution >= 0.6 is 0 Å². The fourth-order valence-corrected chi connectivity index (χ4v) is 7.61. The summed E-state index contributed by atoms with van der Waals surface area (Å²) < 4.78 is 0. The lowest BCUT2D eigenvalue weighted by atomic mass is 9.75. The van der Waals surface area contributed by atoms with Gasteiger partial charge in [0.2, 0.25) is 0 Å². The van der Waals surface area contributed by atoms with E-state index in [1.165, 1.54) is 105 Å². The molecule has 374 valence electrons. The van der Waals surface area contributed by atoms with E-state index < -0.39 is 0 Å². The Bertz CT molecular complexity index is 1690. The lowest BCUT2D eigenvalue weighted by Crippen LogP contribution is -2.21. The summed E-state index contributed by atoms with van der Waals surface area (Å²) in [4.78, 5) is 4.10. The first-order chi connectivity index (χ1) is 28.8. The van der Waals surface area contributed by atoms with Crippen LogP contribution in [0.4, 0.5) is 0 Å². The Morgan fingerprint density at radius 3 is 1.02 bits per heavy atom. The molecule has 0 saturated carbocycles. The zero-order valence-corrected chi connectivity index (χ0v) is 41.3. The second kappa shape index (κ2) is 37.1. The first-order valence-electron chi connectivity index (χ1n) is 23.8. The molecule has 0 N–H and O–H groups in total. The molecule has 0 radical (unpaired) electrons. The quantitative estimate of drug-likeness (QED) is 0.0899. The molecular formula is C65H109N. The summed E-state index contributed by atoms with van der Waals surface area (Å²) in [7, 11) is 0. The number of rotatable bonds is 16. The third kappa shape index (κ3) is 38.2. The highest BCUT2D eigenvalue weighted by Crippen LogP contribution is 2.34. The molecule has 0 aliphatic heterocycles. The fraction of sp³-hybridized carbons (Fsp3) is 0.554. The number of benzene rings is 4. The summed E-state index contributed by atoms with van der Waals surface area (Å²) in [5, 5.41) is 0. The van der Waals surface area contributed by atoms with Gasteiger partial charge in [-0.2, -0.15) is 0 Å². The smallest absolute Gasteiger partial charge is 0.0299 e. The van der Waals surface area contributed by atoms with Crippen molar-refractivity contribution >= 4 is 0 Å². The minimum Gasteiger partial charge on any atom is -0.264 e. The summed E-state index contributed by atoms with van der Waals surface area (Å²) in [5.74, 6) is 0.815. The van der Waals surface area contributed by atoms with Crippen LogP contribution in [0.5, 0.6) is 0 Å². The Balaban J connectivity index is -0.000000395. The van der Waals surface area contributed by atoms with Gasteiger partial charge in [-0.1, -0.05) is 254 Å². The van der Waals surface area contributed by atoms with Crippen molar-refractivity contribution in [2.45, 2.75) is 210 Å². The molecule has 5 aromatic rings. The SMILES string of the molecule is C.C.C.C.C.CC(C)(C)C(CCCc1ccccc1)CCCc1ccccc1.CC(C)(C)CCCCc1ccccc1.CC(C)(C)CCCc1cccnc1.CC(C)(C)Cc1ccccc1. The number of aryl methyl sites for hydroxylation is 4. The Morgan fingerprint density at radius 2 is 0.682 bits per heavy atom. The minimum absolute atomic E-state index is 0. The summed E-state index contributed by atoms with van der Waals surface area (Å²) in [6.07, 6.45) is 21.6. The number of hydrogen-bond acceptors (Lipinski definition) is 1. The number of nitrogens with zero attached hydrogens (tertiary/aromatic N) is 1. The number of aromatic nitrogens is 1. The van der Waals surface area contributed by atoms with E-state index in [0.29, 0.717) is 21.7 Å². The van der Waals surface area contributed by atoms with Crippen molar-refractivity contribution in [1.29, 1.82) is 0 Å². The van der Waals surface area contributed by atoms with Crippen molar-refractivity contribution in [3.8, 4) is 0 Å². The molecule has 0 amide bonds. The number of pyridine rings is 1. The van der Waals surface area contributed by atoms with Crippen molar-refractivity contribution in [3.05, 3.63) is 174 Å². The van der Waals surface area contributed by atoms with E-state index in [1.54, 1.807) is 0 Å². The van der Waals surface area contributed by atoms with Crippen LogP contribution in [0.3, 0.4) is 0 Å². The van der Waals surface area contributed by atoms with Crippen LogP contribution in [0, 0.1) is 27.6 Å². The average Bonchev–Trinajstić information content (AvgIpc) is 3.20. The molecule has 0 unspecified atom stereocenters. The van der Waals surface area contributed by atoms with Gasteiger partial charge < -0.3 is 0 Å². The molecule has 1 heterocycles. The first-order valence-corrected chi connectivity index (χ1v) is 23.8. The van der Waals surface area contributed by atoms with Crippen LogP contribution < -0.4 is 0 Å². The van der Waals surface area contributed by atoms with E-state index in [0.717, 1.165) is 18.8 Å². The van der Waals surface area contributed by atoms with Gasteiger partial charge in [0.05, 0.1) is 0 Å². The molecule has 0 bridgehead atoms. The monoisotopic (exact) mass is 904 g/mol. The van der Waals surface area contributed by atoms with E-state index in [2.05, 4.69) is 215 Å². The Kier molecular flexibility index (Phi) is 38.5. The van der Waals surface area contributed by atoms with Crippen molar-refractivity contribution in [3.63, 3.8) is 0 Å². The third-order valence-corrected chi connectivity index (χ3v) is 11.1. The van der Waals surface area contributed by atoms with Gasteiger partial charge in [-0.3, -0.25) is 4.98 Å². The number of hydrogen-bond donors (Lipinski definition) is 0. The van der Waals surface area contributed by atoms with Gasteiger partial charge in [0.25, 0.3) is 0 Å². The summed E-state index contributed by atoms with van der Waals surface area (Å²) in [5.41, 5.74) is 8.98. The van der Waals surface area contributed by atoms with Gasteiger partial charge >= 0.3 is 0 Å². The standard InChI is InChI=1S/C23H32.C14H22.C12H19N.C11H16.5CH4/c1-23(2,3)22(18-10-16-20-12-6-4-7-13-20)19-11-17-21-14-8-5-9-15-21;1-14(2,3)12-8-7-11-13-9-5-4-6-10-13;1-12(2,3)8-4-6-11-7-5-9-13-10-11;1-11(2,3)9-10-7-5-4-6-8-10;;;;;/h4-9,12-15,22H,10-11,16-19H2,1-3H3;4-6,9-10H,7-8,11-12H2,1-3H3;5,7,9-10H,4,6,8H2,1-3H3;4-8H,9H2,1-3H3;5*1H4. The molecule has 1 nitrogen and oxygen atoms in total. The predicted molar refractivity (Wildman–Crippen MR) is 305 cm³/mol. The molecule has 66 heavy (non-hydrogen) atoms. The van der Waals surface area contributed by atoms with E-state index in [4.69, 9.17) is 0 Å². The highest BCUT2D eigenvalue weighted by Gasteiger charge is 2.23. The Morgan fingerprint density at radius 1 is 0.348 bits per heavy atom. The first kappa shape index (κ1) is 68.6. The highest BCUT2D eigenvalue weighted by molar-refractivity contribution is 5.17. The summed E-state index contributed by atoms with van der Waals surface area (Å²) in [6, 6.07) is 47.4. The average molecular weight is 905 g/mol. The summed E-state index contributed by atoms with van der Waals surface area (Å²) >= 11 is 0. The third-order valence-electron chi connectivity index (χ3n) is 11.1. The van der Waals surface area contributed by atoms with Crippen LogP contribution in [-0.2, 0) is 32.1 Å². The molecule has 0 atom stereocenters. The molecule has 0 aliphatic rings. The molecule has 0 saturated heterocycles. The van der Waals surface area contributed by atoms with Gasteiger partial charge in [-0.25, -0.2) is 0 Å². The summed E-state index contributed by atoms with van der Waals surface area (Å²) in [6.45, 7) is 27.8. The maximum atomic E-state index is 4.10. The van der Waals surface area contributed by atoms with Gasteiger partial charge in [-0.05, 0) is 145 Å². The van der Waals surface area contributed by atoms with E-state index >= 15 is 0 Å². The Hall–Kier alpha value is -3.97. The van der Waals surface area contributed by atoms with Crippen LogP contribution in [0.2, 0.25) is 0 Å². The fourth-order valence-electron chi connectivity index (χ4n) is 7.61. The molecule has 0 spiro atoms. The van der Waals surface area contributed by atoms with Crippen LogP contribution in [0.25, 0.3) is 0 Å². The normalized spacial score (nSPS) is 10.8. The minimum atomic E-state index is 0. The Labute approximate surface area is 414 Å². The molecule has 0 fully saturated rings. The van der Waals surface area contributed by atoms with Crippen molar-refractivity contribution in [2.75, 3.05) is 0 Å². The zero-order chi connectivity index (χ0) is 45.0.